The van der Waals surface area contributed by atoms with Crippen LogP contribution in [0.3, 0.4) is 0 Å². The number of carbonyl (C=O) groups excluding carboxylic acids is 3. The van der Waals surface area contributed by atoms with Crippen molar-refractivity contribution >= 4 is 39.9 Å². The molecule has 1 amide bonds. The van der Waals surface area contributed by atoms with Crippen molar-refractivity contribution in [2.45, 2.75) is 213 Å². The fourth-order valence-corrected chi connectivity index (χ4v) is 17.2. The number of nitrogens with one attached hydrogen (secondary N) is 1. The van der Waals surface area contributed by atoms with Gasteiger partial charge in [0.2, 0.25) is 5.91 Å². The summed E-state index contributed by atoms with van der Waals surface area (Å²) < 4.78 is 25.0. The fourth-order valence-electron chi connectivity index (χ4n) is 9.15. The number of hydrogen-bond donors (Lipinski definition) is 1. The molecule has 5 atom stereocenters. The van der Waals surface area contributed by atoms with Gasteiger partial charge in [-0.1, -0.05) is 233 Å². The maximum atomic E-state index is 14.4. The zero-order valence-electron chi connectivity index (χ0n) is 45.3. The summed E-state index contributed by atoms with van der Waals surface area (Å²) in [6, 6.07) is 24.6. The first-order chi connectivity index (χ1) is 33.2. The molecule has 2 aromatic carbocycles. The summed E-state index contributed by atoms with van der Waals surface area (Å²) in [5.41, 5.74) is 5.68. The third-order valence-electron chi connectivity index (χ3n) is 13.2. The molecule has 3 rings (SSSR count). The zero-order chi connectivity index (χ0) is 51.7. The molecule has 8 nitrogen and oxygen atoms in total. The molecule has 1 radical (unpaired) electrons. The third kappa shape index (κ3) is 23.0. The average Bonchev–Trinajstić information content (AvgIpc) is 3.30. The van der Waals surface area contributed by atoms with Crippen LogP contribution in [-0.4, -0.2) is 71.8 Å². The van der Waals surface area contributed by atoms with Crippen LogP contribution in [0.1, 0.15) is 152 Å². The molecule has 1 fully saturated rings. The Bertz CT molecular complexity index is 1980. The van der Waals surface area contributed by atoms with Gasteiger partial charge in [-0.3, -0.25) is 9.59 Å². The lowest BCUT2D eigenvalue weighted by Crippen LogP contribution is -2.53. The van der Waals surface area contributed by atoms with Crippen molar-refractivity contribution in [3.63, 3.8) is 0 Å². The molecule has 0 aliphatic carbocycles. The fraction of sp³-hybridized carbons (Fsp3) is 0.583. The first-order valence-corrected chi connectivity index (χ1v) is 30.8. The second-order valence-electron chi connectivity index (χ2n) is 22.0. The summed E-state index contributed by atoms with van der Waals surface area (Å²) in [7, 11) is -3.19. The quantitative estimate of drug-likeness (QED) is 0.0360. The molecule has 1 N–H and O–H groups in total. The van der Waals surface area contributed by atoms with Gasteiger partial charge in [0.1, 0.15) is 12.7 Å². The van der Waals surface area contributed by atoms with Gasteiger partial charge in [0.15, 0.2) is 0 Å². The minimum absolute atomic E-state index is 0.0508. The molecule has 70 heavy (non-hydrogen) atoms. The highest BCUT2D eigenvalue weighted by Gasteiger charge is 2.38. The molecule has 1 unspecified atom stereocenters. The number of unbranched alkanes of at least 4 members (excludes halogenated alkanes) is 3. The largest absolute Gasteiger partial charge is 0.461 e. The van der Waals surface area contributed by atoms with Gasteiger partial charge in [0.05, 0.1) is 47.8 Å². The normalized spacial score (nSPS) is 17.4. The van der Waals surface area contributed by atoms with Gasteiger partial charge in [-0.05, 0) is 48.4 Å². The van der Waals surface area contributed by atoms with Gasteiger partial charge in [-0.2, -0.15) is 0 Å². The van der Waals surface area contributed by atoms with Crippen LogP contribution in [0.2, 0.25) is 29.2 Å². The van der Waals surface area contributed by atoms with Gasteiger partial charge >= 0.3 is 11.9 Å². The van der Waals surface area contributed by atoms with Gasteiger partial charge in [0.25, 0.3) is 0 Å². The van der Waals surface area contributed by atoms with Crippen LogP contribution in [0.15, 0.2) is 121 Å². The summed E-state index contributed by atoms with van der Waals surface area (Å²) in [5, 5.41) is 4.71. The van der Waals surface area contributed by atoms with Crippen molar-refractivity contribution < 1.29 is 33.3 Å². The smallest absolute Gasteiger partial charge is 0.330 e. The van der Waals surface area contributed by atoms with Crippen LogP contribution < -0.4 is 10.5 Å². The molecule has 0 saturated carbocycles. The van der Waals surface area contributed by atoms with Gasteiger partial charge < -0.3 is 24.3 Å². The van der Waals surface area contributed by atoms with Gasteiger partial charge in [-0.25, -0.2) is 4.79 Å². The Labute approximate surface area is 427 Å². The number of benzene rings is 2. The zero-order valence-corrected chi connectivity index (χ0v) is 47.3. The van der Waals surface area contributed by atoms with Crippen LogP contribution >= 0.6 is 0 Å². The molecule has 10 heteroatoms. The second-order valence-corrected chi connectivity index (χ2v) is 30.0. The molecule has 1 saturated heterocycles. The Balaban J connectivity index is 1.98. The molecule has 1 aliphatic rings. The Morgan fingerprint density at radius 1 is 0.871 bits per heavy atom. The molecule has 1 heterocycles. The van der Waals surface area contributed by atoms with Crippen molar-refractivity contribution in [1.82, 2.24) is 5.32 Å². The average molecular weight is 996 g/mol. The maximum Gasteiger partial charge on any atom is 0.330 e. The van der Waals surface area contributed by atoms with Crippen LogP contribution in [0.4, 0.5) is 0 Å². The molecule has 2 aromatic rings. The number of carbonyl (C=O) groups is 3. The predicted octanol–water partition coefficient (Wildman–Crippen LogP) is 14.1. The highest BCUT2D eigenvalue weighted by Crippen LogP contribution is 2.34. The Morgan fingerprint density at radius 2 is 1.47 bits per heavy atom. The Kier molecular flexibility index (Phi) is 26.4. The van der Waals surface area contributed by atoms with Crippen LogP contribution in [0, 0.1) is 5.41 Å². The highest BCUT2D eigenvalue weighted by molar-refractivity contribution is 6.84. The van der Waals surface area contributed by atoms with E-state index in [-0.39, 0.29) is 47.8 Å². The summed E-state index contributed by atoms with van der Waals surface area (Å²) >= 11 is 0. The number of amides is 1. The summed E-state index contributed by atoms with van der Waals surface area (Å²) in [4.78, 5) is 40.0. The van der Waals surface area contributed by atoms with Crippen LogP contribution in [-0.2, 0) is 39.9 Å². The van der Waals surface area contributed by atoms with Crippen molar-refractivity contribution in [2.75, 3.05) is 6.61 Å². The monoisotopic (exact) mass is 995 g/mol. The number of ether oxygens (including phenoxy) is 4. The second kappa shape index (κ2) is 30.7. The number of rotatable bonds is 30. The topological polar surface area (TPSA) is 100 Å². The molecule has 0 aromatic heterocycles. The van der Waals surface area contributed by atoms with Gasteiger partial charge in [0, 0.05) is 31.3 Å². The first-order valence-electron chi connectivity index (χ1n) is 26.4. The van der Waals surface area contributed by atoms with E-state index in [0.717, 1.165) is 48.0 Å². The minimum atomic E-state index is -1.88. The van der Waals surface area contributed by atoms with E-state index in [1.54, 1.807) is 6.08 Å². The lowest BCUT2D eigenvalue weighted by molar-refractivity contribution is -0.146. The molecule has 0 bridgehead atoms. The molecule has 387 valence electrons. The summed E-state index contributed by atoms with van der Waals surface area (Å²) in [6.07, 6.45) is 17.0. The Hall–Kier alpha value is -4.10. The van der Waals surface area contributed by atoms with Crippen molar-refractivity contribution in [2.24, 2.45) is 5.41 Å². The summed E-state index contributed by atoms with van der Waals surface area (Å²) in [6.45, 7) is 32.1. The van der Waals surface area contributed by atoms with Crippen molar-refractivity contribution in [1.29, 1.82) is 0 Å². The standard InChI is InChI=1S/C60H92NO7Si2/c1-14-17-34-70(35-18-15-2,36-19-16-3)37-33-57(63)68-56(55(61-58(64)59(8,9)10)45-69(60(11,12)13)54-31-24-21-25-32-54)42-47(5)40-53-39-46(4)38-52(67-53)30-26-29-51(41-48(6)43-65-49(7)62)66-44-50-27-22-20-23-28-50/h20-29,31-33,37,40,51-53,55-56H,4,6,14-19,30,34-36,38-39,41-45H2,1-3,5,7-13H3,(H,61,64)/b29-26+,37-33+,47-40+/t51?,52-,53-,55+,56-/m0/s1. The molecule has 1 aliphatic heterocycles. The van der Waals surface area contributed by atoms with E-state index in [4.69, 9.17) is 18.9 Å². The third-order valence-corrected chi connectivity index (χ3v) is 21.8. The van der Waals surface area contributed by atoms with E-state index in [1.807, 2.05) is 51.1 Å². The maximum absolute atomic E-state index is 14.4. The lowest BCUT2D eigenvalue weighted by atomic mass is 9.93. The van der Waals surface area contributed by atoms with Crippen molar-refractivity contribution in [3.05, 3.63) is 126 Å². The van der Waals surface area contributed by atoms with E-state index >= 15 is 0 Å². The minimum Gasteiger partial charge on any atom is -0.461 e. The Morgan fingerprint density at radius 3 is 2.03 bits per heavy atom. The van der Waals surface area contributed by atoms with E-state index < -0.39 is 34.4 Å². The van der Waals surface area contributed by atoms with Gasteiger partial charge in [-0.15, -0.1) is 0 Å². The SMILES string of the molecule is C=C(COC(C)=O)CC(/C=C/C[C@H]1CC(=C)C[C@@H](/C=C(\C)C[C@H](OC(=O)/C=C/[Si](CCCC)(CCCC)CCCC)[C@@H](C[Si](c2ccccc2)C(C)(C)C)NC(=O)C(C)(C)C)O1)OCc1ccccc1. The van der Waals surface area contributed by atoms with Crippen LogP contribution in [0.5, 0.6) is 0 Å². The summed E-state index contributed by atoms with van der Waals surface area (Å²) in [5.74, 6) is -0.728. The molecular formula is C60H92NO7Si2. The molecule has 0 spiro atoms. The molecular weight excluding hydrogens is 903 g/mol. The van der Waals surface area contributed by atoms with E-state index in [1.165, 1.54) is 49.5 Å². The lowest BCUT2D eigenvalue weighted by Gasteiger charge is -2.37. The van der Waals surface area contributed by atoms with E-state index in [2.05, 4.69) is 121 Å². The number of hydrogen-bond acceptors (Lipinski definition) is 7. The first kappa shape index (κ1) is 60.2. The van der Waals surface area contributed by atoms with E-state index in [0.29, 0.717) is 38.3 Å². The van der Waals surface area contributed by atoms with E-state index in [9.17, 15) is 14.4 Å². The van der Waals surface area contributed by atoms with Crippen LogP contribution in [0.25, 0.3) is 0 Å². The highest BCUT2D eigenvalue weighted by atomic mass is 28.3. The van der Waals surface area contributed by atoms with Crippen molar-refractivity contribution in [3.8, 4) is 0 Å². The predicted molar refractivity (Wildman–Crippen MR) is 296 cm³/mol. The number of esters is 2.